The van der Waals surface area contributed by atoms with Gasteiger partial charge in [0.05, 0.1) is 5.56 Å². The van der Waals surface area contributed by atoms with Crippen LogP contribution in [0.2, 0.25) is 0 Å². The summed E-state index contributed by atoms with van der Waals surface area (Å²) in [4.78, 5) is 14.2. The van der Waals surface area contributed by atoms with Crippen LogP contribution < -0.4 is 4.74 Å². The molecule has 0 saturated carbocycles. The van der Waals surface area contributed by atoms with Crippen LogP contribution in [0.3, 0.4) is 0 Å². The minimum absolute atomic E-state index is 0.0419. The van der Waals surface area contributed by atoms with Gasteiger partial charge < -0.3 is 19.5 Å². The highest BCUT2D eigenvalue weighted by atomic mass is 35.5. The normalized spacial score (nSPS) is 17.3. The molecule has 1 unspecified atom stereocenters. The molecule has 0 aromatic heterocycles. The van der Waals surface area contributed by atoms with Crippen molar-refractivity contribution in [3.8, 4) is 5.75 Å². The molecule has 1 aliphatic rings. The van der Waals surface area contributed by atoms with E-state index in [0.717, 1.165) is 18.2 Å². The monoisotopic (exact) mass is 560 g/mol. The summed E-state index contributed by atoms with van der Waals surface area (Å²) in [5, 5.41) is 9.64. The Bertz CT molecular complexity index is 898. The molecule has 1 N–H and O–H groups in total. The van der Waals surface area contributed by atoms with Gasteiger partial charge in [0.15, 0.2) is 5.56 Å². The minimum atomic E-state index is -5.85. The van der Waals surface area contributed by atoms with Crippen molar-refractivity contribution in [3.63, 3.8) is 0 Å². The maximum atomic E-state index is 13.2. The van der Waals surface area contributed by atoms with E-state index in [2.05, 4.69) is 4.74 Å². The van der Waals surface area contributed by atoms with E-state index in [1.807, 2.05) is 0 Å². The molecule has 1 heterocycles. The molecule has 0 radical (unpaired) electrons. The minimum Gasteiger partial charge on any atom is -0.483 e. The number of nitrogens with zero attached hydrogens (tertiary/aromatic N) is 2. The average molecular weight is 561 g/mol. The fourth-order valence-corrected chi connectivity index (χ4v) is 3.16. The Morgan fingerprint density at radius 2 is 1.53 bits per heavy atom. The number of ether oxygens (including phenoxy) is 2. The summed E-state index contributed by atoms with van der Waals surface area (Å²) < 4.78 is 124. The standard InChI is InChI=1S/C20H22ClF9N2O4/c1-17(2,15(21)33)36-13-9-12(18(22,23)24)4-3-11(13)10-31-5-7-32(8-6-31)16(34)35-14(19(25,26)27)20(28,29)30/h3-4,9,14-15,33H,5-8,10H2,1-2H3. The van der Waals surface area contributed by atoms with Gasteiger partial charge in [0.1, 0.15) is 11.4 Å². The van der Waals surface area contributed by atoms with Gasteiger partial charge in [0, 0.05) is 38.3 Å². The number of rotatable bonds is 6. The number of amides is 1. The van der Waals surface area contributed by atoms with E-state index < -0.39 is 47.5 Å². The molecule has 1 fully saturated rings. The highest BCUT2D eigenvalue weighted by Crippen LogP contribution is 2.37. The van der Waals surface area contributed by atoms with Crippen molar-refractivity contribution in [2.24, 2.45) is 0 Å². The summed E-state index contributed by atoms with van der Waals surface area (Å²) in [7, 11) is 0. The molecule has 1 aromatic rings. The molecule has 16 heteroatoms. The zero-order chi connectivity index (χ0) is 27.7. The van der Waals surface area contributed by atoms with Gasteiger partial charge in [-0.1, -0.05) is 17.7 Å². The molecular weight excluding hydrogens is 539 g/mol. The Morgan fingerprint density at radius 1 is 1.00 bits per heavy atom. The van der Waals surface area contributed by atoms with Crippen LogP contribution in [0.4, 0.5) is 44.3 Å². The van der Waals surface area contributed by atoms with Crippen LogP contribution in [-0.2, 0) is 17.5 Å². The Kier molecular flexibility index (Phi) is 8.94. The first-order chi connectivity index (χ1) is 16.2. The summed E-state index contributed by atoms with van der Waals surface area (Å²) in [6.45, 7) is 1.95. The van der Waals surface area contributed by atoms with E-state index in [1.165, 1.54) is 13.8 Å². The number of aliphatic hydroxyl groups is 1. The van der Waals surface area contributed by atoms with Gasteiger partial charge >= 0.3 is 24.6 Å². The van der Waals surface area contributed by atoms with E-state index in [1.54, 1.807) is 4.90 Å². The third kappa shape index (κ3) is 7.93. The number of hydrogen-bond acceptors (Lipinski definition) is 5. The van der Waals surface area contributed by atoms with Crippen LogP contribution in [0, 0.1) is 0 Å². The number of benzene rings is 1. The first-order valence-corrected chi connectivity index (χ1v) is 10.7. The molecule has 1 atom stereocenters. The Balaban J connectivity index is 2.11. The van der Waals surface area contributed by atoms with E-state index in [0.29, 0.717) is 4.90 Å². The number of aliphatic hydroxyl groups excluding tert-OH is 1. The van der Waals surface area contributed by atoms with Gasteiger partial charge in [-0.3, -0.25) is 4.90 Å². The van der Waals surface area contributed by atoms with Crippen LogP contribution in [0.1, 0.15) is 25.0 Å². The van der Waals surface area contributed by atoms with E-state index in [4.69, 9.17) is 16.3 Å². The van der Waals surface area contributed by atoms with Crippen molar-refractivity contribution in [2.45, 2.75) is 56.2 Å². The van der Waals surface area contributed by atoms with Gasteiger partial charge in [-0.2, -0.15) is 39.5 Å². The van der Waals surface area contributed by atoms with Gasteiger partial charge in [0.2, 0.25) is 0 Å². The smallest absolute Gasteiger partial charge is 0.434 e. The number of alkyl halides is 10. The second-order valence-corrected chi connectivity index (χ2v) is 8.89. The van der Waals surface area contributed by atoms with Crippen molar-refractivity contribution in [3.05, 3.63) is 29.3 Å². The Hall–Kier alpha value is -2.13. The maximum absolute atomic E-state index is 13.2. The van der Waals surface area contributed by atoms with E-state index >= 15 is 0 Å². The number of halogens is 10. The van der Waals surface area contributed by atoms with E-state index in [9.17, 15) is 49.4 Å². The quantitative estimate of drug-likeness (QED) is 0.384. The number of carbonyl (C=O) groups is 1. The third-order valence-electron chi connectivity index (χ3n) is 5.18. The molecule has 0 spiro atoms. The van der Waals surface area contributed by atoms with Crippen LogP contribution in [0.25, 0.3) is 0 Å². The summed E-state index contributed by atoms with van der Waals surface area (Å²) in [6, 6.07) is 2.65. The third-order valence-corrected chi connectivity index (χ3v) is 5.70. The van der Waals surface area contributed by atoms with Crippen molar-refractivity contribution < 1.29 is 58.9 Å². The van der Waals surface area contributed by atoms with Crippen LogP contribution >= 0.6 is 11.6 Å². The molecular formula is C20H22ClF9N2O4. The second kappa shape index (κ2) is 10.7. The van der Waals surface area contributed by atoms with Gasteiger partial charge in [0.25, 0.3) is 6.10 Å². The molecule has 1 saturated heterocycles. The van der Waals surface area contributed by atoms with Crippen LogP contribution in [-0.4, -0.2) is 76.8 Å². The lowest BCUT2D eigenvalue weighted by atomic mass is 10.1. The molecule has 1 aromatic carbocycles. The summed E-state index contributed by atoms with van der Waals surface area (Å²) in [6.07, 6.45) is -22.5. The van der Waals surface area contributed by atoms with E-state index in [-0.39, 0.29) is 44.0 Å². The van der Waals surface area contributed by atoms with Crippen molar-refractivity contribution >= 4 is 17.7 Å². The number of piperazine rings is 1. The highest BCUT2D eigenvalue weighted by molar-refractivity contribution is 6.20. The summed E-state index contributed by atoms with van der Waals surface area (Å²) in [5.41, 5.74) is -3.86. The topological polar surface area (TPSA) is 62.2 Å². The Morgan fingerprint density at radius 3 is 1.97 bits per heavy atom. The zero-order valence-corrected chi connectivity index (χ0v) is 19.5. The lowest BCUT2D eigenvalue weighted by Crippen LogP contribution is -2.52. The first kappa shape index (κ1) is 30.1. The number of hydrogen-bond donors (Lipinski definition) is 1. The second-order valence-electron chi connectivity index (χ2n) is 8.47. The molecule has 206 valence electrons. The average Bonchev–Trinajstić information content (AvgIpc) is 2.70. The Labute approximate surface area is 204 Å². The van der Waals surface area contributed by atoms with Crippen LogP contribution in [0.15, 0.2) is 18.2 Å². The maximum Gasteiger partial charge on any atom is 0.434 e. The first-order valence-electron chi connectivity index (χ1n) is 10.2. The SMILES string of the molecule is CC(C)(Oc1cc(C(F)(F)F)ccc1CN1CCN(C(=O)OC(C(F)(F)F)C(F)(F)F)CC1)C(O)Cl. The molecule has 1 aliphatic heterocycles. The number of carbonyl (C=O) groups excluding carboxylic acids is 1. The molecule has 2 rings (SSSR count). The zero-order valence-electron chi connectivity index (χ0n) is 18.8. The molecule has 6 nitrogen and oxygen atoms in total. The summed E-state index contributed by atoms with van der Waals surface area (Å²) in [5.74, 6) is -0.241. The lowest BCUT2D eigenvalue weighted by molar-refractivity contribution is -0.308. The largest absolute Gasteiger partial charge is 0.483 e. The van der Waals surface area contributed by atoms with Gasteiger partial charge in [-0.15, -0.1) is 0 Å². The molecule has 0 bridgehead atoms. The lowest BCUT2D eigenvalue weighted by Gasteiger charge is -2.36. The highest BCUT2D eigenvalue weighted by Gasteiger charge is 2.60. The molecule has 0 aliphatic carbocycles. The fourth-order valence-electron chi connectivity index (χ4n) is 3.11. The van der Waals surface area contributed by atoms with Crippen molar-refractivity contribution in [1.82, 2.24) is 9.80 Å². The predicted molar refractivity (Wildman–Crippen MR) is 107 cm³/mol. The predicted octanol–water partition coefficient (Wildman–Crippen LogP) is 5.17. The van der Waals surface area contributed by atoms with Gasteiger partial charge in [-0.05, 0) is 26.0 Å². The fraction of sp³-hybridized carbons (Fsp3) is 0.650. The molecule has 1 amide bonds. The summed E-state index contributed by atoms with van der Waals surface area (Å²) >= 11 is 5.64. The van der Waals surface area contributed by atoms with Crippen LogP contribution in [0.5, 0.6) is 5.75 Å². The molecule has 36 heavy (non-hydrogen) atoms. The van der Waals surface area contributed by atoms with Crippen molar-refractivity contribution in [1.29, 1.82) is 0 Å². The van der Waals surface area contributed by atoms with Gasteiger partial charge in [-0.25, -0.2) is 4.79 Å². The van der Waals surface area contributed by atoms with Crippen molar-refractivity contribution in [2.75, 3.05) is 26.2 Å².